The molecule has 3 rings (SSSR count). The van der Waals surface area contributed by atoms with Crippen LogP contribution in [0.25, 0.3) is 0 Å². The van der Waals surface area contributed by atoms with Gasteiger partial charge in [-0.25, -0.2) is 0 Å². The molecule has 2 fully saturated rings. The monoisotopic (exact) mass is 310 g/mol. The van der Waals surface area contributed by atoms with Crippen LogP contribution in [0.3, 0.4) is 0 Å². The molecule has 2 aliphatic heterocycles. The summed E-state index contributed by atoms with van der Waals surface area (Å²) < 4.78 is 10.8. The van der Waals surface area contributed by atoms with Gasteiger partial charge < -0.3 is 19.3 Å². The Labute approximate surface area is 129 Å². The number of nitrogens with zero attached hydrogens (tertiary/aromatic N) is 2. The van der Waals surface area contributed by atoms with Gasteiger partial charge in [-0.05, 0) is 18.2 Å². The van der Waals surface area contributed by atoms with Crippen LogP contribution in [0.5, 0.6) is 0 Å². The Kier molecular flexibility index (Phi) is 4.63. The largest absolute Gasteiger partial charge is 0.376 e. The van der Waals surface area contributed by atoms with E-state index in [-0.39, 0.29) is 5.91 Å². The lowest BCUT2D eigenvalue weighted by atomic mass is 10.2. The van der Waals surface area contributed by atoms with Gasteiger partial charge >= 0.3 is 0 Å². The van der Waals surface area contributed by atoms with Crippen molar-refractivity contribution >= 4 is 23.2 Å². The van der Waals surface area contributed by atoms with E-state index in [0.29, 0.717) is 32.9 Å². The first-order valence-corrected chi connectivity index (χ1v) is 7.60. The smallest absolute Gasteiger partial charge is 0.254 e. The summed E-state index contributed by atoms with van der Waals surface area (Å²) >= 11 is 6.02. The predicted molar refractivity (Wildman–Crippen MR) is 80.8 cm³/mol. The first-order chi connectivity index (χ1) is 10.2. The van der Waals surface area contributed by atoms with E-state index in [2.05, 4.69) is 4.90 Å². The zero-order valence-electron chi connectivity index (χ0n) is 11.8. The van der Waals surface area contributed by atoms with Crippen LogP contribution in [-0.2, 0) is 14.3 Å². The van der Waals surface area contributed by atoms with Gasteiger partial charge in [0, 0.05) is 36.9 Å². The molecule has 0 bridgehead atoms. The van der Waals surface area contributed by atoms with E-state index in [1.54, 1.807) is 0 Å². The van der Waals surface area contributed by atoms with Crippen LogP contribution in [0.15, 0.2) is 24.3 Å². The number of hydrogen-bond acceptors (Lipinski definition) is 4. The molecule has 5 nitrogen and oxygen atoms in total. The second-order valence-electron chi connectivity index (χ2n) is 5.23. The lowest BCUT2D eigenvalue weighted by Gasteiger charge is -2.38. The Balaban J connectivity index is 1.56. The molecule has 0 N–H and O–H groups in total. The van der Waals surface area contributed by atoms with Crippen LogP contribution in [0.4, 0.5) is 5.69 Å². The van der Waals surface area contributed by atoms with Crippen molar-refractivity contribution in [1.82, 2.24) is 4.90 Å². The van der Waals surface area contributed by atoms with Crippen molar-refractivity contribution in [3.63, 3.8) is 0 Å². The highest BCUT2D eigenvalue weighted by atomic mass is 35.5. The topological polar surface area (TPSA) is 42.0 Å². The minimum Gasteiger partial charge on any atom is -0.376 e. The third-order valence-electron chi connectivity index (χ3n) is 3.86. The van der Waals surface area contributed by atoms with Crippen LogP contribution in [0, 0.1) is 0 Å². The molecule has 2 saturated heterocycles. The molecule has 2 heterocycles. The lowest BCUT2D eigenvalue weighted by Crippen LogP contribution is -2.53. The molecule has 1 atom stereocenters. The van der Waals surface area contributed by atoms with Gasteiger partial charge in [0.1, 0.15) is 0 Å². The quantitative estimate of drug-likeness (QED) is 0.828. The Bertz CT molecular complexity index is 497. The molecule has 0 aromatic heterocycles. The zero-order valence-corrected chi connectivity index (χ0v) is 12.6. The van der Waals surface area contributed by atoms with E-state index in [1.165, 1.54) is 0 Å². The number of ether oxygens (including phenoxy) is 2. The first kappa shape index (κ1) is 14.6. The van der Waals surface area contributed by atoms with Crippen molar-refractivity contribution in [2.45, 2.75) is 6.10 Å². The highest BCUT2D eigenvalue weighted by Crippen LogP contribution is 2.21. The predicted octanol–water partition coefficient (Wildman–Crippen LogP) is 1.40. The van der Waals surface area contributed by atoms with Crippen LogP contribution in [0.1, 0.15) is 0 Å². The Morgan fingerprint density at radius 1 is 1.19 bits per heavy atom. The Morgan fingerprint density at radius 2 is 2.00 bits per heavy atom. The van der Waals surface area contributed by atoms with Gasteiger partial charge in [0.2, 0.25) is 0 Å². The maximum atomic E-state index is 12.3. The van der Waals surface area contributed by atoms with Gasteiger partial charge in [0.15, 0.2) is 6.10 Å². The van der Waals surface area contributed by atoms with Gasteiger partial charge in [-0.15, -0.1) is 0 Å². The number of amides is 1. The highest BCUT2D eigenvalue weighted by Gasteiger charge is 2.29. The molecule has 1 aromatic carbocycles. The maximum Gasteiger partial charge on any atom is 0.254 e. The number of carbonyl (C=O) groups excluding carboxylic acids is 1. The summed E-state index contributed by atoms with van der Waals surface area (Å²) in [5, 5.41) is 0.735. The zero-order chi connectivity index (χ0) is 14.7. The molecule has 1 unspecified atom stereocenters. The normalized spacial score (nSPS) is 23.2. The van der Waals surface area contributed by atoms with Crippen molar-refractivity contribution in [2.75, 3.05) is 50.9 Å². The number of benzene rings is 1. The summed E-state index contributed by atoms with van der Waals surface area (Å²) in [6.45, 7) is 4.45. The van der Waals surface area contributed by atoms with E-state index in [1.807, 2.05) is 29.2 Å². The fourth-order valence-corrected chi connectivity index (χ4v) is 2.88. The lowest BCUT2D eigenvalue weighted by molar-refractivity contribution is -0.158. The summed E-state index contributed by atoms with van der Waals surface area (Å²) in [5.41, 5.74) is 1.10. The molecule has 6 heteroatoms. The number of anilines is 1. The minimum atomic E-state index is -0.434. The summed E-state index contributed by atoms with van der Waals surface area (Å²) in [5.74, 6) is 0.0421. The highest BCUT2D eigenvalue weighted by molar-refractivity contribution is 6.30. The molecule has 0 spiro atoms. The third-order valence-corrected chi connectivity index (χ3v) is 4.09. The first-order valence-electron chi connectivity index (χ1n) is 7.23. The van der Waals surface area contributed by atoms with E-state index < -0.39 is 6.10 Å². The van der Waals surface area contributed by atoms with Gasteiger partial charge in [0.25, 0.3) is 5.91 Å². The molecule has 21 heavy (non-hydrogen) atoms. The van der Waals surface area contributed by atoms with Crippen molar-refractivity contribution in [1.29, 1.82) is 0 Å². The molecule has 1 amide bonds. The van der Waals surface area contributed by atoms with E-state index >= 15 is 0 Å². The second-order valence-corrected chi connectivity index (χ2v) is 5.66. The fourth-order valence-electron chi connectivity index (χ4n) is 2.69. The summed E-state index contributed by atoms with van der Waals surface area (Å²) in [6, 6.07) is 7.81. The fraction of sp³-hybridized carbons (Fsp3) is 0.533. The third kappa shape index (κ3) is 3.48. The minimum absolute atomic E-state index is 0.0421. The SMILES string of the molecule is O=C(C1COCCO1)N1CCN(c2cccc(Cl)c2)CC1. The van der Waals surface area contributed by atoms with E-state index in [0.717, 1.165) is 23.8 Å². The Hall–Kier alpha value is -1.30. The summed E-state index contributed by atoms with van der Waals surface area (Å²) in [4.78, 5) is 16.4. The van der Waals surface area contributed by atoms with E-state index in [4.69, 9.17) is 21.1 Å². The van der Waals surface area contributed by atoms with Crippen molar-refractivity contribution < 1.29 is 14.3 Å². The molecule has 0 radical (unpaired) electrons. The molecular formula is C15H19ClN2O3. The van der Waals surface area contributed by atoms with Crippen molar-refractivity contribution in [3.05, 3.63) is 29.3 Å². The van der Waals surface area contributed by atoms with E-state index in [9.17, 15) is 4.79 Å². The molecular weight excluding hydrogens is 292 g/mol. The van der Waals surface area contributed by atoms with Crippen LogP contribution < -0.4 is 4.90 Å². The van der Waals surface area contributed by atoms with Crippen molar-refractivity contribution in [3.8, 4) is 0 Å². The number of carbonyl (C=O) groups is 1. The average molecular weight is 311 g/mol. The standard InChI is InChI=1S/C15H19ClN2O3/c16-12-2-1-3-13(10-12)17-4-6-18(7-5-17)15(19)14-11-20-8-9-21-14/h1-3,10,14H,4-9,11H2. The molecule has 1 aromatic rings. The summed E-state index contributed by atoms with van der Waals surface area (Å²) in [7, 11) is 0. The maximum absolute atomic E-state index is 12.3. The van der Waals surface area contributed by atoms with Crippen LogP contribution in [0.2, 0.25) is 5.02 Å². The molecule has 0 aliphatic carbocycles. The van der Waals surface area contributed by atoms with Gasteiger partial charge in [0.05, 0.1) is 19.8 Å². The van der Waals surface area contributed by atoms with Gasteiger partial charge in [-0.1, -0.05) is 17.7 Å². The second kappa shape index (κ2) is 6.64. The van der Waals surface area contributed by atoms with Crippen molar-refractivity contribution in [2.24, 2.45) is 0 Å². The summed E-state index contributed by atoms with van der Waals surface area (Å²) in [6.07, 6.45) is -0.434. The Morgan fingerprint density at radius 3 is 2.67 bits per heavy atom. The van der Waals surface area contributed by atoms with Gasteiger partial charge in [-0.2, -0.15) is 0 Å². The molecule has 114 valence electrons. The van der Waals surface area contributed by atoms with Gasteiger partial charge in [-0.3, -0.25) is 4.79 Å². The van der Waals surface area contributed by atoms with Crippen LogP contribution >= 0.6 is 11.6 Å². The molecule has 2 aliphatic rings. The number of hydrogen-bond donors (Lipinski definition) is 0. The number of piperazine rings is 1. The number of rotatable bonds is 2. The number of halogens is 1. The molecule has 0 saturated carbocycles. The van der Waals surface area contributed by atoms with Crippen LogP contribution in [-0.4, -0.2) is 62.9 Å². The average Bonchev–Trinajstić information content (AvgIpc) is 2.55.